The molecule has 34 nitrogen and oxygen atoms in total. The van der Waals surface area contributed by atoms with E-state index in [1.807, 2.05) is 0 Å². The molecule has 11 amide bonds. The summed E-state index contributed by atoms with van der Waals surface area (Å²) in [6.45, 7) is 8.30. The van der Waals surface area contributed by atoms with Crippen molar-refractivity contribution in [2.24, 2.45) is 23.3 Å². The fourth-order valence-electron chi connectivity index (χ4n) is 9.31. The summed E-state index contributed by atoms with van der Waals surface area (Å²) in [5, 5.41) is 86.0. The number of rotatable bonds is 45. The lowest BCUT2D eigenvalue weighted by atomic mass is 10.00. The Morgan fingerprint density at radius 2 is 0.897 bits per heavy atom. The van der Waals surface area contributed by atoms with Crippen LogP contribution < -0.4 is 70.0 Å². The molecule has 0 aliphatic rings. The maximum absolute atomic E-state index is 14.3. The minimum atomic E-state index is -2.02. The summed E-state index contributed by atoms with van der Waals surface area (Å²) >= 11 is 1.21. The molecule has 0 heterocycles. The highest BCUT2D eigenvalue weighted by Gasteiger charge is 2.39. The molecule has 0 spiro atoms. The number of amides is 11. The summed E-state index contributed by atoms with van der Waals surface area (Å²) in [5.41, 5.74) is 12.1. The van der Waals surface area contributed by atoms with E-state index in [4.69, 9.17) is 11.5 Å². The number of phenolic OH excluding ortho intramolecular Hbond substituents is 1. The smallest absolute Gasteiger partial charge is 0.326 e. The van der Waals surface area contributed by atoms with E-state index < -0.39 is 200 Å². The van der Waals surface area contributed by atoms with Gasteiger partial charge in [-0.25, -0.2) is 4.79 Å². The number of unbranched alkanes of at least 4 members (excludes halogenated alkanes) is 1. The van der Waals surface area contributed by atoms with Gasteiger partial charge in [0.15, 0.2) is 0 Å². The molecule has 2 aromatic carbocycles. The van der Waals surface area contributed by atoms with Crippen molar-refractivity contribution in [2.45, 2.75) is 185 Å². The van der Waals surface area contributed by atoms with E-state index in [0.29, 0.717) is 11.1 Å². The number of nitrogens with one attached hydrogen (secondary N) is 11. The molecular weight excluding hydrogens is 1290 g/mol. The van der Waals surface area contributed by atoms with E-state index in [0.717, 1.165) is 6.92 Å². The maximum Gasteiger partial charge on any atom is 0.326 e. The third kappa shape index (κ3) is 31.8. The Kier molecular flexibility index (Phi) is 36.9. The van der Waals surface area contributed by atoms with Crippen LogP contribution in [0.15, 0.2) is 54.6 Å². The number of carboxylic acid groups (broad SMARTS) is 4. The van der Waals surface area contributed by atoms with Crippen LogP contribution in [0, 0.1) is 11.8 Å². The Morgan fingerprint density at radius 3 is 1.38 bits per heavy atom. The third-order valence-corrected chi connectivity index (χ3v) is 15.2. The van der Waals surface area contributed by atoms with Gasteiger partial charge in [-0.3, -0.25) is 67.1 Å². The highest BCUT2D eigenvalue weighted by Crippen LogP contribution is 2.15. The highest BCUT2D eigenvalue weighted by molar-refractivity contribution is 7.98. The zero-order valence-electron chi connectivity index (χ0n) is 55.0. The number of nitrogens with two attached hydrogens (primary N) is 2. The molecule has 12 atom stereocenters. The zero-order valence-corrected chi connectivity index (χ0v) is 55.9. The van der Waals surface area contributed by atoms with Gasteiger partial charge in [-0.2, -0.15) is 11.8 Å². The molecule has 0 bridgehead atoms. The fraction of sp³-hybridized carbons (Fsp3) is 0.565. The van der Waals surface area contributed by atoms with Crippen LogP contribution in [-0.4, -0.2) is 217 Å². The highest BCUT2D eigenvalue weighted by atomic mass is 32.2. The average Bonchev–Trinajstić information content (AvgIpc) is 0.863. The monoisotopic (exact) mass is 1390 g/mol. The maximum atomic E-state index is 14.3. The number of aliphatic hydroxyl groups is 1. The van der Waals surface area contributed by atoms with Crippen LogP contribution in [0.5, 0.6) is 5.75 Å². The number of hydrogen-bond donors (Lipinski definition) is 19. The quantitative estimate of drug-likeness (QED) is 0.0284. The molecule has 0 radical (unpaired) electrons. The molecule has 35 heteroatoms. The molecule has 538 valence electrons. The first kappa shape index (κ1) is 83.6. The fourth-order valence-corrected chi connectivity index (χ4v) is 9.78. The average molecular weight is 1390 g/mol. The lowest BCUT2D eigenvalue weighted by molar-refractivity contribution is -0.143. The lowest BCUT2D eigenvalue weighted by Crippen LogP contribution is -2.63. The first-order chi connectivity index (χ1) is 45.6. The van der Waals surface area contributed by atoms with E-state index in [2.05, 4.69) is 58.5 Å². The predicted octanol–water partition coefficient (Wildman–Crippen LogP) is -3.65. The van der Waals surface area contributed by atoms with Crippen LogP contribution in [0.1, 0.15) is 110 Å². The number of thioether (sulfide) groups is 1. The first-order valence-electron chi connectivity index (χ1n) is 31.2. The second-order valence-electron chi connectivity index (χ2n) is 23.7. The normalized spacial score (nSPS) is 14.8. The van der Waals surface area contributed by atoms with Crippen LogP contribution >= 0.6 is 11.8 Å². The number of aliphatic carboxylic acids is 4. The van der Waals surface area contributed by atoms with Gasteiger partial charge in [-0.15, -0.1) is 0 Å². The Morgan fingerprint density at radius 1 is 0.464 bits per heavy atom. The van der Waals surface area contributed by atoms with Crippen molar-refractivity contribution in [2.75, 3.05) is 25.1 Å². The number of aromatic hydroxyl groups is 1. The van der Waals surface area contributed by atoms with Crippen molar-refractivity contribution in [1.29, 1.82) is 0 Å². The molecule has 0 unspecified atom stereocenters. The van der Waals surface area contributed by atoms with Gasteiger partial charge in [0, 0.05) is 19.3 Å². The van der Waals surface area contributed by atoms with Crippen molar-refractivity contribution in [3.63, 3.8) is 0 Å². The van der Waals surface area contributed by atoms with Crippen molar-refractivity contribution in [1.82, 2.24) is 58.5 Å². The lowest BCUT2D eigenvalue weighted by Gasteiger charge is -2.30. The van der Waals surface area contributed by atoms with Gasteiger partial charge in [-0.05, 0) is 106 Å². The molecule has 0 saturated heterocycles. The van der Waals surface area contributed by atoms with Gasteiger partial charge in [0.25, 0.3) is 0 Å². The SMILES string of the molecule is CSCC[C@H](NC(=O)[C@H](CC(=O)O)NC(=O)[C@H](CC(C)C)NC(=O)CNC(=O)[C@H](C)N)C(=O)N[C@@H](CCC(=O)O)C(=O)N[C@@H](CCCCN)C(=O)N[C@H](C(=O)N[C@H](C(=O)N[C@@H](CC(=O)O)C(=O)N[C@@H](Cc1ccccc1)C(=O)N[C@@H](Cc1ccc(O)cc1)C(=O)O)[C@@H](C)O)C(C)C. The molecule has 21 N–H and O–H groups in total. The van der Waals surface area contributed by atoms with Crippen molar-refractivity contribution >= 4 is 101 Å². The topological polar surface area (TPSA) is 562 Å². The molecule has 0 saturated carbocycles. The van der Waals surface area contributed by atoms with Gasteiger partial charge in [0.1, 0.15) is 66.2 Å². The number of carbonyl (C=O) groups is 15. The van der Waals surface area contributed by atoms with E-state index in [1.54, 1.807) is 50.4 Å². The summed E-state index contributed by atoms with van der Waals surface area (Å²) in [6, 6.07) is -4.39. The van der Waals surface area contributed by atoms with Crippen molar-refractivity contribution < 1.29 is 103 Å². The van der Waals surface area contributed by atoms with E-state index in [9.17, 15) is 103 Å². The Balaban J connectivity index is 2.45. The molecule has 0 fully saturated rings. The number of carbonyl (C=O) groups excluding carboxylic acids is 11. The van der Waals surface area contributed by atoms with Crippen LogP contribution in [-0.2, 0) is 84.8 Å². The summed E-state index contributed by atoms with van der Waals surface area (Å²) in [6.07, 6.45) is -4.16. The Hall–Kier alpha value is -9.48. The minimum Gasteiger partial charge on any atom is -0.508 e. The molecule has 97 heavy (non-hydrogen) atoms. The third-order valence-electron chi connectivity index (χ3n) is 14.5. The van der Waals surface area contributed by atoms with Gasteiger partial charge in [0.2, 0.25) is 65.0 Å². The van der Waals surface area contributed by atoms with Gasteiger partial charge < -0.3 is 101 Å². The molecule has 2 rings (SSSR count). The van der Waals surface area contributed by atoms with Crippen molar-refractivity contribution in [3.8, 4) is 5.75 Å². The van der Waals surface area contributed by atoms with Crippen LogP contribution in [0.4, 0.5) is 0 Å². The Labute approximate surface area is 564 Å². The minimum absolute atomic E-state index is 0.0189. The summed E-state index contributed by atoms with van der Waals surface area (Å²) in [4.78, 5) is 200. The van der Waals surface area contributed by atoms with Gasteiger partial charge >= 0.3 is 23.9 Å². The standard InChI is InChI=1S/C62H93N13O21S/c1-31(2)25-41(66-46(78)30-65-52(85)33(5)64)56(89)71-43(28-48(81)82)58(91)69-40(22-24-97-7)54(87)68-39(20-21-47(79)80)53(86)67-38(15-11-12-23-63)55(88)74-50(32(3)4)60(93)75-51(34(6)76)61(94)72-44(29-49(83)84)59(92)70-42(26-35-13-9-8-10-14-35)57(90)73-45(62(95)96)27-36-16-18-37(77)19-17-36/h8-10,13-14,16-19,31-34,38-45,50-51,76-77H,11-12,15,20-30,63-64H2,1-7H3,(H,65,85)(H,66,78)(H,67,86)(H,68,87)(H,69,91)(H,70,92)(H,71,89)(H,72,94)(H,73,90)(H,74,88)(H,75,93)(H,79,80)(H,81,82)(H,83,84)(H,95,96)/t33-,34+,38-,39-,40-,41-,42-,43-,44-,45-,50-,51-/m0/s1. The Bertz CT molecular complexity index is 3030. The van der Waals surface area contributed by atoms with Crippen LogP contribution in [0.3, 0.4) is 0 Å². The van der Waals surface area contributed by atoms with E-state index in [-0.39, 0.29) is 68.9 Å². The number of aliphatic hydroxyl groups excluding tert-OH is 1. The summed E-state index contributed by atoms with van der Waals surface area (Å²) in [7, 11) is 0. The predicted molar refractivity (Wildman–Crippen MR) is 349 cm³/mol. The molecule has 0 aliphatic heterocycles. The van der Waals surface area contributed by atoms with Gasteiger partial charge in [-0.1, -0.05) is 70.2 Å². The van der Waals surface area contributed by atoms with Crippen LogP contribution in [0.25, 0.3) is 0 Å². The first-order valence-corrected chi connectivity index (χ1v) is 32.6. The number of benzene rings is 2. The van der Waals surface area contributed by atoms with E-state index in [1.165, 1.54) is 56.8 Å². The second kappa shape index (κ2) is 42.9. The largest absolute Gasteiger partial charge is 0.508 e. The molecule has 0 aliphatic carbocycles. The molecule has 2 aromatic rings. The van der Waals surface area contributed by atoms with E-state index >= 15 is 0 Å². The second-order valence-corrected chi connectivity index (χ2v) is 24.7. The van der Waals surface area contributed by atoms with Crippen LogP contribution in [0.2, 0.25) is 0 Å². The summed E-state index contributed by atoms with van der Waals surface area (Å²) in [5.74, 6) is -18.9. The van der Waals surface area contributed by atoms with Crippen molar-refractivity contribution in [3.05, 3.63) is 65.7 Å². The zero-order chi connectivity index (χ0) is 73.2. The number of hydrogen-bond acceptors (Lipinski definition) is 20. The number of carboxylic acids is 4. The molecule has 0 aromatic heterocycles. The number of phenols is 1. The van der Waals surface area contributed by atoms with Gasteiger partial charge in [0.05, 0.1) is 31.5 Å². The molecular formula is C62H93N13O21S. The summed E-state index contributed by atoms with van der Waals surface area (Å²) < 4.78 is 0.